The molecule has 1 N–H and O–H groups in total. The van der Waals surface area contributed by atoms with Crippen LogP contribution in [0, 0.1) is 5.92 Å². The second-order valence-corrected chi connectivity index (χ2v) is 11.0. The lowest BCUT2D eigenvalue weighted by Gasteiger charge is -2.17. The van der Waals surface area contributed by atoms with Gasteiger partial charge in [-0.25, -0.2) is 0 Å². The van der Waals surface area contributed by atoms with Crippen molar-refractivity contribution in [1.29, 1.82) is 0 Å². The van der Waals surface area contributed by atoms with E-state index in [0.717, 1.165) is 16.9 Å². The lowest BCUT2D eigenvalue weighted by atomic mass is 9.98. The molecule has 5 heteroatoms. The largest absolute Gasteiger partial charge is 0.481 e. The van der Waals surface area contributed by atoms with Gasteiger partial charge in [0.05, 0.1) is 12.3 Å². The van der Waals surface area contributed by atoms with Crippen LogP contribution in [0.4, 0.5) is 0 Å². The van der Waals surface area contributed by atoms with Gasteiger partial charge >= 0.3 is 11.9 Å². The lowest BCUT2D eigenvalue weighted by molar-refractivity contribution is -0.151. The third-order valence-electron chi connectivity index (χ3n) is 7.70. The van der Waals surface area contributed by atoms with Crippen molar-refractivity contribution in [3.8, 4) is 22.3 Å². The molecule has 38 heavy (non-hydrogen) atoms. The van der Waals surface area contributed by atoms with Crippen molar-refractivity contribution in [2.75, 3.05) is 18.1 Å². The number of hydrogen-bond acceptors (Lipinski definition) is 4. The molecule has 0 radical (unpaired) electrons. The Hall–Kier alpha value is -3.83. The number of ether oxygens (including phenoxy) is 1. The fourth-order valence-electron chi connectivity index (χ4n) is 5.86. The Bertz CT molecular complexity index is 1420. The second kappa shape index (κ2) is 10.5. The molecule has 0 aromatic heterocycles. The average Bonchev–Trinajstić information content (AvgIpc) is 3.44. The molecule has 4 aromatic rings. The third kappa shape index (κ3) is 4.52. The summed E-state index contributed by atoms with van der Waals surface area (Å²) in [5.41, 5.74) is 9.68. The summed E-state index contributed by atoms with van der Waals surface area (Å²) in [5, 5.41) is 9.85. The van der Waals surface area contributed by atoms with Crippen LogP contribution in [0.2, 0.25) is 0 Å². The van der Waals surface area contributed by atoms with Gasteiger partial charge in [-0.2, -0.15) is 11.8 Å². The van der Waals surface area contributed by atoms with Gasteiger partial charge in [-0.3, -0.25) is 9.59 Å². The van der Waals surface area contributed by atoms with Crippen LogP contribution in [-0.2, 0) is 14.3 Å². The maximum absolute atomic E-state index is 12.8. The minimum absolute atomic E-state index is 0.0356. The molecule has 0 amide bonds. The zero-order valence-electron chi connectivity index (χ0n) is 20.9. The summed E-state index contributed by atoms with van der Waals surface area (Å²) in [5.74, 6) is -0.900. The molecule has 190 valence electrons. The van der Waals surface area contributed by atoms with Gasteiger partial charge in [0, 0.05) is 23.3 Å². The Kier molecular flexibility index (Phi) is 6.77. The number of esters is 1. The minimum atomic E-state index is -0.960. The quantitative estimate of drug-likeness (QED) is 0.241. The van der Waals surface area contributed by atoms with Gasteiger partial charge in [-0.05, 0) is 44.5 Å². The molecule has 6 rings (SSSR count). The summed E-state index contributed by atoms with van der Waals surface area (Å²) >= 11 is 1.59. The number of aliphatic carboxylic acids is 1. The van der Waals surface area contributed by atoms with E-state index in [1.807, 2.05) is 24.3 Å². The number of thioether (sulfide) groups is 1. The van der Waals surface area contributed by atoms with E-state index in [1.54, 1.807) is 11.8 Å². The van der Waals surface area contributed by atoms with E-state index in [9.17, 15) is 14.7 Å². The van der Waals surface area contributed by atoms with E-state index in [-0.39, 0.29) is 24.9 Å². The highest BCUT2D eigenvalue weighted by molar-refractivity contribution is 7.99. The minimum Gasteiger partial charge on any atom is -0.481 e. The highest BCUT2D eigenvalue weighted by Gasteiger charge is 2.31. The first-order chi connectivity index (χ1) is 18.6. The fourth-order valence-corrected chi connectivity index (χ4v) is 7.14. The van der Waals surface area contributed by atoms with Crippen molar-refractivity contribution < 1.29 is 19.4 Å². The van der Waals surface area contributed by atoms with E-state index in [4.69, 9.17) is 4.74 Å². The third-order valence-corrected chi connectivity index (χ3v) is 8.91. The fraction of sp³-hybridized carbons (Fsp3) is 0.212. The van der Waals surface area contributed by atoms with Crippen LogP contribution >= 0.6 is 11.8 Å². The Morgan fingerprint density at radius 1 is 0.684 bits per heavy atom. The molecule has 0 fully saturated rings. The Balaban J connectivity index is 1.08. The molecule has 1 unspecified atom stereocenters. The molecule has 0 saturated carbocycles. The number of carboxylic acids is 1. The zero-order chi connectivity index (χ0) is 26.1. The molecule has 2 aliphatic carbocycles. The normalized spacial score (nSPS) is 14.3. The first kappa shape index (κ1) is 24.5. The van der Waals surface area contributed by atoms with E-state index >= 15 is 0 Å². The number of benzene rings is 4. The molecule has 4 aromatic carbocycles. The number of fused-ring (bicyclic) bond motifs is 6. The summed E-state index contributed by atoms with van der Waals surface area (Å²) in [4.78, 5) is 24.8. The van der Waals surface area contributed by atoms with E-state index in [2.05, 4.69) is 72.8 Å². The van der Waals surface area contributed by atoms with Gasteiger partial charge in [0.25, 0.3) is 0 Å². The molecular weight excluding hydrogens is 492 g/mol. The Labute approximate surface area is 226 Å². The highest BCUT2D eigenvalue weighted by atomic mass is 32.2. The van der Waals surface area contributed by atoms with E-state index in [0.29, 0.717) is 5.75 Å². The summed E-state index contributed by atoms with van der Waals surface area (Å²) in [6.45, 7) is 0.210. The summed E-state index contributed by atoms with van der Waals surface area (Å²) in [6.07, 6.45) is -0.129. The first-order valence-electron chi connectivity index (χ1n) is 12.9. The molecule has 2 aliphatic rings. The molecule has 4 nitrogen and oxygen atoms in total. The van der Waals surface area contributed by atoms with Crippen molar-refractivity contribution >= 4 is 23.7 Å². The van der Waals surface area contributed by atoms with Crippen LogP contribution in [0.15, 0.2) is 97.1 Å². The lowest BCUT2D eigenvalue weighted by Crippen LogP contribution is -2.23. The van der Waals surface area contributed by atoms with Gasteiger partial charge in [-0.1, -0.05) is 97.1 Å². The van der Waals surface area contributed by atoms with Crippen molar-refractivity contribution in [3.05, 3.63) is 119 Å². The number of rotatable bonds is 9. The van der Waals surface area contributed by atoms with Gasteiger partial charge in [0.1, 0.15) is 6.61 Å². The van der Waals surface area contributed by atoms with Crippen LogP contribution < -0.4 is 0 Å². The van der Waals surface area contributed by atoms with Crippen molar-refractivity contribution in [3.63, 3.8) is 0 Å². The van der Waals surface area contributed by atoms with E-state index < -0.39 is 17.9 Å². The van der Waals surface area contributed by atoms with Gasteiger partial charge in [-0.15, -0.1) is 0 Å². The molecule has 0 bridgehead atoms. The standard InChI is InChI=1S/C33H28O4S/c34-32(37-18-30-26-13-5-1-9-22(26)23-10-2-6-14-27(23)30)17-21(33(35)36)19-38-20-31-28-15-7-3-11-24(28)25-12-4-8-16-29(25)31/h1-16,21,30-31H,17-20H2,(H,35,36). The van der Waals surface area contributed by atoms with Crippen molar-refractivity contribution in [2.45, 2.75) is 18.3 Å². The molecule has 0 aliphatic heterocycles. The topological polar surface area (TPSA) is 63.6 Å². The maximum Gasteiger partial charge on any atom is 0.307 e. The van der Waals surface area contributed by atoms with Gasteiger partial charge in [0.15, 0.2) is 0 Å². The second-order valence-electron chi connectivity index (χ2n) is 9.91. The van der Waals surface area contributed by atoms with Crippen LogP contribution in [0.5, 0.6) is 0 Å². The van der Waals surface area contributed by atoms with Crippen LogP contribution in [0.3, 0.4) is 0 Å². The predicted molar refractivity (Wildman–Crippen MR) is 151 cm³/mol. The van der Waals surface area contributed by atoms with Gasteiger partial charge < -0.3 is 9.84 Å². The number of hydrogen-bond donors (Lipinski definition) is 1. The monoisotopic (exact) mass is 520 g/mol. The van der Waals surface area contributed by atoms with E-state index in [1.165, 1.54) is 33.4 Å². The summed E-state index contributed by atoms with van der Waals surface area (Å²) < 4.78 is 5.68. The maximum atomic E-state index is 12.8. The Morgan fingerprint density at radius 2 is 1.11 bits per heavy atom. The summed E-state index contributed by atoms with van der Waals surface area (Å²) in [7, 11) is 0. The molecule has 0 heterocycles. The number of carbonyl (C=O) groups is 2. The molecule has 0 saturated heterocycles. The highest BCUT2D eigenvalue weighted by Crippen LogP contribution is 2.46. The zero-order valence-corrected chi connectivity index (χ0v) is 21.7. The smallest absolute Gasteiger partial charge is 0.307 e. The first-order valence-corrected chi connectivity index (χ1v) is 14.1. The van der Waals surface area contributed by atoms with Crippen LogP contribution in [-0.4, -0.2) is 35.2 Å². The van der Waals surface area contributed by atoms with Crippen LogP contribution in [0.25, 0.3) is 22.3 Å². The molecule has 0 spiro atoms. The average molecular weight is 521 g/mol. The summed E-state index contributed by atoms with van der Waals surface area (Å²) in [6, 6.07) is 33.2. The van der Waals surface area contributed by atoms with Gasteiger partial charge in [0.2, 0.25) is 0 Å². The van der Waals surface area contributed by atoms with Crippen molar-refractivity contribution in [2.24, 2.45) is 5.92 Å². The van der Waals surface area contributed by atoms with Crippen molar-refractivity contribution in [1.82, 2.24) is 0 Å². The number of carbonyl (C=O) groups excluding carboxylic acids is 1. The number of carboxylic acid groups (broad SMARTS) is 1. The molecule has 1 atom stereocenters. The Morgan fingerprint density at radius 3 is 1.55 bits per heavy atom. The molecular formula is C33H28O4S. The SMILES string of the molecule is O=C(CC(CSCC1c2ccccc2-c2ccccc21)C(=O)O)OCC1c2ccccc2-c2ccccc21. The predicted octanol–water partition coefficient (Wildman–Crippen LogP) is 6.98. The van der Waals surface area contributed by atoms with Crippen LogP contribution in [0.1, 0.15) is 40.5 Å².